The summed E-state index contributed by atoms with van der Waals surface area (Å²) < 4.78 is 9.96. The minimum atomic E-state index is -0.727. The second-order valence-electron chi connectivity index (χ2n) is 6.25. The monoisotopic (exact) mass is 432 g/mol. The van der Waals surface area contributed by atoms with Crippen molar-refractivity contribution in [1.82, 2.24) is 15.3 Å². The topological polar surface area (TPSA) is 120 Å². The van der Waals surface area contributed by atoms with Gasteiger partial charge < -0.3 is 14.8 Å². The molecule has 0 unspecified atom stereocenters. The van der Waals surface area contributed by atoms with Gasteiger partial charge in [-0.1, -0.05) is 11.8 Å². The SMILES string of the molecule is COc1ccc(NC(=O)NC(=O)COC(=O)CCc2c(C)nc(SC)nc2C)cc1. The molecule has 0 atom stereocenters. The van der Waals surface area contributed by atoms with Gasteiger partial charge in [-0.05, 0) is 56.4 Å². The Balaban J connectivity index is 1.75. The second kappa shape index (κ2) is 11.1. The van der Waals surface area contributed by atoms with Crippen LogP contribution in [0.25, 0.3) is 0 Å². The number of amides is 3. The van der Waals surface area contributed by atoms with Crippen molar-refractivity contribution in [2.45, 2.75) is 31.8 Å². The van der Waals surface area contributed by atoms with Gasteiger partial charge in [0.1, 0.15) is 5.75 Å². The summed E-state index contributed by atoms with van der Waals surface area (Å²) in [6.45, 7) is 3.18. The Kier molecular flexibility index (Phi) is 8.60. The van der Waals surface area contributed by atoms with Gasteiger partial charge in [-0.25, -0.2) is 14.8 Å². The quantitative estimate of drug-likeness (QED) is 0.371. The zero-order chi connectivity index (χ0) is 22.1. The number of hydrogen-bond acceptors (Lipinski definition) is 8. The fraction of sp³-hybridized carbons (Fsp3) is 0.350. The number of aryl methyl sites for hydroxylation is 2. The first kappa shape index (κ1) is 23.1. The van der Waals surface area contributed by atoms with Gasteiger partial charge >= 0.3 is 12.0 Å². The van der Waals surface area contributed by atoms with Crippen LogP contribution in [0.1, 0.15) is 23.4 Å². The number of esters is 1. The van der Waals surface area contributed by atoms with E-state index >= 15 is 0 Å². The van der Waals surface area contributed by atoms with Gasteiger partial charge in [-0.15, -0.1) is 0 Å². The molecule has 0 radical (unpaired) electrons. The Morgan fingerprint density at radius 3 is 2.27 bits per heavy atom. The highest BCUT2D eigenvalue weighted by Gasteiger charge is 2.14. The Bertz CT molecular complexity index is 895. The van der Waals surface area contributed by atoms with Crippen molar-refractivity contribution in [3.05, 3.63) is 41.2 Å². The summed E-state index contributed by atoms with van der Waals surface area (Å²) in [6.07, 6.45) is 2.38. The number of carbonyl (C=O) groups is 3. The van der Waals surface area contributed by atoms with Crippen LogP contribution >= 0.6 is 11.8 Å². The fourth-order valence-electron chi connectivity index (χ4n) is 2.61. The molecule has 2 rings (SSSR count). The smallest absolute Gasteiger partial charge is 0.325 e. The Labute approximate surface area is 179 Å². The van der Waals surface area contributed by atoms with Crippen molar-refractivity contribution in [2.24, 2.45) is 0 Å². The molecule has 160 valence electrons. The van der Waals surface area contributed by atoms with E-state index in [4.69, 9.17) is 9.47 Å². The number of rotatable bonds is 8. The maximum absolute atomic E-state index is 11.9. The van der Waals surface area contributed by atoms with Crippen molar-refractivity contribution >= 4 is 35.4 Å². The molecule has 1 aromatic heterocycles. The Morgan fingerprint density at radius 1 is 1.07 bits per heavy atom. The van der Waals surface area contributed by atoms with E-state index in [-0.39, 0.29) is 6.42 Å². The molecule has 1 aromatic carbocycles. The third kappa shape index (κ3) is 7.03. The number of carbonyl (C=O) groups excluding carboxylic acids is 3. The van der Waals surface area contributed by atoms with Crippen LogP contribution in [-0.2, 0) is 20.7 Å². The molecule has 0 bridgehead atoms. The summed E-state index contributed by atoms with van der Waals surface area (Å²) in [7, 11) is 1.53. The Morgan fingerprint density at radius 2 is 1.70 bits per heavy atom. The van der Waals surface area contributed by atoms with Crippen molar-refractivity contribution in [3.63, 3.8) is 0 Å². The first-order chi connectivity index (χ1) is 14.3. The molecule has 30 heavy (non-hydrogen) atoms. The molecule has 9 nitrogen and oxygen atoms in total. The zero-order valence-electron chi connectivity index (χ0n) is 17.3. The number of ether oxygens (including phenoxy) is 2. The molecule has 0 saturated carbocycles. The van der Waals surface area contributed by atoms with E-state index < -0.39 is 24.5 Å². The molecule has 0 saturated heterocycles. The summed E-state index contributed by atoms with van der Waals surface area (Å²) in [4.78, 5) is 44.3. The van der Waals surface area contributed by atoms with Crippen molar-refractivity contribution in [3.8, 4) is 5.75 Å². The van der Waals surface area contributed by atoms with Crippen LogP contribution in [0, 0.1) is 13.8 Å². The van der Waals surface area contributed by atoms with Gasteiger partial charge in [0.25, 0.3) is 5.91 Å². The van der Waals surface area contributed by atoms with Crippen LogP contribution in [0.4, 0.5) is 10.5 Å². The highest BCUT2D eigenvalue weighted by atomic mass is 32.2. The lowest BCUT2D eigenvalue weighted by atomic mass is 10.1. The van der Waals surface area contributed by atoms with Crippen molar-refractivity contribution in [1.29, 1.82) is 0 Å². The minimum absolute atomic E-state index is 0.0784. The van der Waals surface area contributed by atoms with Crippen LogP contribution in [0.15, 0.2) is 29.4 Å². The van der Waals surface area contributed by atoms with Crippen LogP contribution < -0.4 is 15.4 Å². The fourth-order valence-corrected chi connectivity index (χ4v) is 3.06. The number of methoxy groups -OCH3 is 1. The van der Waals surface area contributed by atoms with Crippen LogP contribution in [-0.4, -0.2) is 47.8 Å². The second-order valence-corrected chi connectivity index (χ2v) is 7.02. The van der Waals surface area contributed by atoms with Gasteiger partial charge in [0.05, 0.1) is 7.11 Å². The maximum atomic E-state index is 11.9. The molecule has 2 aromatic rings. The van der Waals surface area contributed by atoms with Gasteiger partial charge in [0.15, 0.2) is 11.8 Å². The molecular weight excluding hydrogens is 408 g/mol. The summed E-state index contributed by atoms with van der Waals surface area (Å²) in [5.74, 6) is -0.635. The lowest BCUT2D eigenvalue weighted by Gasteiger charge is -2.10. The highest BCUT2D eigenvalue weighted by Crippen LogP contribution is 2.17. The molecule has 3 amide bonds. The van der Waals surface area contributed by atoms with E-state index in [0.29, 0.717) is 23.0 Å². The summed E-state index contributed by atoms with van der Waals surface area (Å²) in [6, 6.07) is 5.87. The lowest BCUT2D eigenvalue weighted by molar-refractivity contribution is -0.148. The van der Waals surface area contributed by atoms with E-state index in [0.717, 1.165) is 17.0 Å². The normalized spacial score (nSPS) is 10.3. The summed E-state index contributed by atoms with van der Waals surface area (Å²) >= 11 is 1.45. The van der Waals surface area contributed by atoms with E-state index in [1.54, 1.807) is 24.3 Å². The Hall–Kier alpha value is -3.14. The standard InChI is InChI=1S/C20H24N4O5S/c1-12-16(13(2)22-20(21-12)30-4)9-10-18(26)29-11-17(25)24-19(27)23-14-5-7-15(28-3)8-6-14/h5-8H,9-11H2,1-4H3,(H2,23,24,25,27). The summed E-state index contributed by atoms with van der Waals surface area (Å²) in [5.41, 5.74) is 2.99. The van der Waals surface area contributed by atoms with Crippen LogP contribution in [0.3, 0.4) is 0 Å². The highest BCUT2D eigenvalue weighted by molar-refractivity contribution is 7.98. The molecule has 1 heterocycles. The number of anilines is 1. The zero-order valence-corrected chi connectivity index (χ0v) is 18.1. The van der Waals surface area contributed by atoms with Crippen LogP contribution in [0.2, 0.25) is 0 Å². The average Bonchev–Trinajstić information content (AvgIpc) is 2.71. The number of aromatic nitrogens is 2. The molecule has 0 aliphatic carbocycles. The molecular formula is C20H24N4O5S. The third-order valence-corrected chi connectivity index (χ3v) is 4.67. The van der Waals surface area contributed by atoms with Crippen molar-refractivity contribution < 1.29 is 23.9 Å². The molecule has 0 aliphatic rings. The summed E-state index contributed by atoms with van der Waals surface area (Å²) in [5, 5.41) is 5.28. The molecule has 10 heteroatoms. The average molecular weight is 433 g/mol. The third-order valence-electron chi connectivity index (χ3n) is 4.13. The molecule has 0 aliphatic heterocycles. The number of hydrogen-bond donors (Lipinski definition) is 2. The van der Waals surface area contributed by atoms with Gasteiger partial charge in [-0.2, -0.15) is 0 Å². The predicted molar refractivity (Wildman–Crippen MR) is 113 cm³/mol. The number of nitrogens with one attached hydrogen (secondary N) is 2. The number of imide groups is 1. The van der Waals surface area contributed by atoms with E-state index in [9.17, 15) is 14.4 Å². The van der Waals surface area contributed by atoms with E-state index in [2.05, 4.69) is 20.6 Å². The minimum Gasteiger partial charge on any atom is -0.497 e. The lowest BCUT2D eigenvalue weighted by Crippen LogP contribution is -2.37. The van der Waals surface area contributed by atoms with Gasteiger partial charge in [0, 0.05) is 23.5 Å². The van der Waals surface area contributed by atoms with Crippen molar-refractivity contribution in [2.75, 3.05) is 25.3 Å². The number of nitrogens with zero attached hydrogens (tertiary/aromatic N) is 2. The van der Waals surface area contributed by atoms with E-state index in [1.165, 1.54) is 18.9 Å². The molecule has 2 N–H and O–H groups in total. The van der Waals surface area contributed by atoms with Gasteiger partial charge in [0.2, 0.25) is 0 Å². The molecule has 0 fully saturated rings. The number of urea groups is 1. The van der Waals surface area contributed by atoms with Crippen LogP contribution in [0.5, 0.6) is 5.75 Å². The predicted octanol–water partition coefficient (Wildman–Crippen LogP) is 2.65. The number of benzene rings is 1. The maximum Gasteiger partial charge on any atom is 0.325 e. The molecule has 0 spiro atoms. The first-order valence-corrected chi connectivity index (χ1v) is 10.3. The van der Waals surface area contributed by atoms with E-state index in [1.807, 2.05) is 20.1 Å². The van der Waals surface area contributed by atoms with Gasteiger partial charge in [-0.3, -0.25) is 14.9 Å². The largest absolute Gasteiger partial charge is 0.497 e. The first-order valence-electron chi connectivity index (χ1n) is 9.11. The number of thioether (sulfide) groups is 1.